The lowest BCUT2D eigenvalue weighted by molar-refractivity contribution is 0.631. The van der Waals surface area contributed by atoms with E-state index in [-0.39, 0.29) is 5.82 Å². The molecule has 0 aliphatic rings. The van der Waals surface area contributed by atoms with Crippen LogP contribution in [-0.4, -0.2) is 0 Å². The fourth-order valence-electron chi connectivity index (χ4n) is 7.62. The van der Waals surface area contributed by atoms with Gasteiger partial charge in [-0.3, -0.25) is 0 Å². The average Bonchev–Trinajstić information content (AvgIpc) is 3.25. The molecule has 0 atom stereocenters. The van der Waals surface area contributed by atoms with Crippen LogP contribution < -0.4 is 4.90 Å². The molecular formula is C52H36FN. The standard InChI is InChI=1S/C52H36FN/c53-49-31-12-10-27-44(49)46-29-15-23-40-24-16-30-47(52(40)46)45-28-11-13-32-50(45)54(43-26-14-25-41(35-43)37-17-4-1-5-18-37)51-34-33-42(38-19-6-2-7-20-38)36-48(51)39-21-8-3-9-22-39/h1-36H. The molecule has 0 heterocycles. The number of rotatable bonds is 8. The van der Waals surface area contributed by atoms with E-state index in [2.05, 4.69) is 187 Å². The highest BCUT2D eigenvalue weighted by Gasteiger charge is 2.23. The van der Waals surface area contributed by atoms with Crippen LogP contribution in [0, 0.1) is 5.82 Å². The van der Waals surface area contributed by atoms with Gasteiger partial charge < -0.3 is 4.90 Å². The Bertz CT molecular complexity index is 2710. The minimum atomic E-state index is -0.238. The summed E-state index contributed by atoms with van der Waals surface area (Å²) in [6, 6.07) is 75.5. The predicted molar refractivity (Wildman–Crippen MR) is 226 cm³/mol. The van der Waals surface area contributed by atoms with Crippen molar-refractivity contribution < 1.29 is 4.39 Å². The van der Waals surface area contributed by atoms with Crippen molar-refractivity contribution in [3.05, 3.63) is 224 Å². The van der Waals surface area contributed by atoms with Crippen LogP contribution in [0.4, 0.5) is 21.5 Å². The highest BCUT2D eigenvalue weighted by molar-refractivity contribution is 6.09. The van der Waals surface area contributed by atoms with E-state index in [9.17, 15) is 0 Å². The lowest BCUT2D eigenvalue weighted by atomic mass is 9.90. The number of fused-ring (bicyclic) bond motifs is 1. The van der Waals surface area contributed by atoms with Crippen LogP contribution in [-0.2, 0) is 0 Å². The monoisotopic (exact) mass is 693 g/mol. The van der Waals surface area contributed by atoms with Gasteiger partial charge in [0.2, 0.25) is 0 Å². The maximum Gasteiger partial charge on any atom is 0.131 e. The van der Waals surface area contributed by atoms with Crippen molar-refractivity contribution in [1.29, 1.82) is 0 Å². The normalized spacial score (nSPS) is 11.1. The maximum absolute atomic E-state index is 15.5. The van der Waals surface area contributed by atoms with Crippen molar-refractivity contribution >= 4 is 27.8 Å². The van der Waals surface area contributed by atoms with Gasteiger partial charge in [0.05, 0.1) is 11.4 Å². The van der Waals surface area contributed by atoms with Crippen molar-refractivity contribution in [2.24, 2.45) is 0 Å². The molecule has 9 rings (SSSR count). The van der Waals surface area contributed by atoms with Gasteiger partial charge in [0.1, 0.15) is 5.82 Å². The van der Waals surface area contributed by atoms with Gasteiger partial charge in [0.25, 0.3) is 0 Å². The van der Waals surface area contributed by atoms with Crippen molar-refractivity contribution in [2.45, 2.75) is 0 Å². The zero-order chi connectivity index (χ0) is 36.3. The smallest absolute Gasteiger partial charge is 0.131 e. The van der Waals surface area contributed by atoms with E-state index in [1.165, 1.54) is 6.07 Å². The van der Waals surface area contributed by atoms with Crippen LogP contribution in [0.1, 0.15) is 0 Å². The Morgan fingerprint density at radius 3 is 1.44 bits per heavy atom. The SMILES string of the molecule is Fc1ccccc1-c1cccc2cccc(-c3ccccc3N(c3cccc(-c4ccccc4)c3)c3ccc(-c4ccccc4)cc3-c3ccccc3)c12. The third-order valence-corrected chi connectivity index (χ3v) is 10.1. The number of anilines is 3. The van der Waals surface area contributed by atoms with Gasteiger partial charge in [-0.1, -0.05) is 182 Å². The molecule has 0 amide bonds. The molecule has 0 radical (unpaired) electrons. The first-order chi connectivity index (χ1) is 26.7. The molecule has 0 spiro atoms. The summed E-state index contributed by atoms with van der Waals surface area (Å²) in [5.74, 6) is -0.238. The Labute approximate surface area is 315 Å². The van der Waals surface area contributed by atoms with Crippen molar-refractivity contribution in [1.82, 2.24) is 0 Å². The van der Waals surface area contributed by atoms with Gasteiger partial charge >= 0.3 is 0 Å². The summed E-state index contributed by atoms with van der Waals surface area (Å²) in [6.07, 6.45) is 0. The van der Waals surface area contributed by atoms with Gasteiger partial charge in [-0.15, -0.1) is 0 Å². The van der Waals surface area contributed by atoms with Crippen LogP contribution in [0.5, 0.6) is 0 Å². The van der Waals surface area contributed by atoms with Crippen molar-refractivity contribution in [3.8, 4) is 55.6 Å². The fraction of sp³-hybridized carbons (Fsp3) is 0. The molecule has 0 aromatic heterocycles. The van der Waals surface area contributed by atoms with Gasteiger partial charge in [0, 0.05) is 22.4 Å². The summed E-state index contributed by atoms with van der Waals surface area (Å²) in [5.41, 5.74) is 13.5. The topological polar surface area (TPSA) is 3.24 Å². The second-order valence-electron chi connectivity index (χ2n) is 13.4. The summed E-state index contributed by atoms with van der Waals surface area (Å²) < 4.78 is 15.5. The second kappa shape index (κ2) is 14.5. The number of halogens is 1. The van der Waals surface area contributed by atoms with Crippen molar-refractivity contribution in [2.75, 3.05) is 4.90 Å². The molecular weight excluding hydrogens is 658 g/mol. The summed E-state index contributed by atoms with van der Waals surface area (Å²) in [5, 5.41) is 2.07. The number of para-hydroxylation sites is 1. The Balaban J connectivity index is 1.33. The molecule has 0 bridgehead atoms. The van der Waals surface area contributed by atoms with Crippen LogP contribution in [0.2, 0.25) is 0 Å². The van der Waals surface area contributed by atoms with Crippen LogP contribution in [0.15, 0.2) is 218 Å². The zero-order valence-corrected chi connectivity index (χ0v) is 29.6. The largest absolute Gasteiger partial charge is 0.309 e. The molecule has 9 aromatic rings. The first-order valence-corrected chi connectivity index (χ1v) is 18.3. The Morgan fingerprint density at radius 2 is 0.778 bits per heavy atom. The quantitative estimate of drug-likeness (QED) is 0.153. The summed E-state index contributed by atoms with van der Waals surface area (Å²) in [7, 11) is 0. The van der Waals surface area contributed by atoms with E-state index < -0.39 is 0 Å². The summed E-state index contributed by atoms with van der Waals surface area (Å²) in [4.78, 5) is 2.39. The number of nitrogens with zero attached hydrogens (tertiary/aromatic N) is 1. The summed E-state index contributed by atoms with van der Waals surface area (Å²) >= 11 is 0. The Kier molecular flexibility index (Phi) is 8.84. The lowest BCUT2D eigenvalue weighted by Gasteiger charge is -2.31. The van der Waals surface area contributed by atoms with Crippen LogP contribution in [0.3, 0.4) is 0 Å². The molecule has 54 heavy (non-hydrogen) atoms. The lowest BCUT2D eigenvalue weighted by Crippen LogP contribution is -2.13. The molecule has 0 N–H and O–H groups in total. The van der Waals surface area contributed by atoms with Gasteiger partial charge in [0.15, 0.2) is 0 Å². The van der Waals surface area contributed by atoms with Crippen molar-refractivity contribution in [3.63, 3.8) is 0 Å². The fourth-order valence-corrected chi connectivity index (χ4v) is 7.62. The molecule has 0 saturated carbocycles. The number of hydrogen-bond acceptors (Lipinski definition) is 1. The van der Waals surface area contributed by atoms with Gasteiger partial charge in [-0.2, -0.15) is 0 Å². The molecule has 9 aromatic carbocycles. The molecule has 0 fully saturated rings. The minimum Gasteiger partial charge on any atom is -0.309 e. The third kappa shape index (κ3) is 6.25. The first-order valence-electron chi connectivity index (χ1n) is 18.3. The first kappa shape index (κ1) is 32.8. The van der Waals surface area contributed by atoms with E-state index in [4.69, 9.17) is 0 Å². The highest BCUT2D eigenvalue weighted by Crippen LogP contribution is 2.48. The van der Waals surface area contributed by atoms with Crippen LogP contribution in [0.25, 0.3) is 66.4 Å². The average molecular weight is 694 g/mol. The summed E-state index contributed by atoms with van der Waals surface area (Å²) in [6.45, 7) is 0. The second-order valence-corrected chi connectivity index (χ2v) is 13.4. The Hall–Kier alpha value is -7.03. The zero-order valence-electron chi connectivity index (χ0n) is 29.6. The molecule has 2 heteroatoms. The molecule has 0 unspecified atom stereocenters. The molecule has 256 valence electrons. The van der Waals surface area contributed by atoms with Gasteiger partial charge in [-0.25, -0.2) is 4.39 Å². The Morgan fingerprint density at radius 1 is 0.296 bits per heavy atom. The van der Waals surface area contributed by atoms with E-state index in [1.54, 1.807) is 6.07 Å². The molecule has 0 aliphatic heterocycles. The minimum absolute atomic E-state index is 0.238. The van der Waals surface area contributed by atoms with E-state index in [1.807, 2.05) is 24.3 Å². The molecule has 0 saturated heterocycles. The number of benzene rings is 9. The predicted octanol–water partition coefficient (Wildman–Crippen LogP) is 14.8. The van der Waals surface area contributed by atoms with E-state index >= 15 is 4.39 Å². The van der Waals surface area contributed by atoms with E-state index in [0.29, 0.717) is 5.56 Å². The van der Waals surface area contributed by atoms with Crippen LogP contribution >= 0.6 is 0 Å². The van der Waals surface area contributed by atoms with Gasteiger partial charge in [-0.05, 0) is 86.1 Å². The molecule has 0 aliphatic carbocycles. The van der Waals surface area contributed by atoms with E-state index in [0.717, 1.165) is 77.9 Å². The number of hydrogen-bond donors (Lipinski definition) is 0. The maximum atomic E-state index is 15.5. The molecule has 1 nitrogen and oxygen atoms in total. The third-order valence-electron chi connectivity index (χ3n) is 10.1. The highest BCUT2D eigenvalue weighted by atomic mass is 19.1.